The molecule has 1 heterocycles. The molecule has 5 nitrogen and oxygen atoms in total. The Balaban J connectivity index is 1.57. The van der Waals surface area contributed by atoms with Crippen molar-refractivity contribution in [3.63, 3.8) is 0 Å². The fourth-order valence-corrected chi connectivity index (χ4v) is 3.21. The highest BCUT2D eigenvalue weighted by atomic mass is 16.3. The van der Waals surface area contributed by atoms with Crippen LogP contribution in [0.2, 0.25) is 0 Å². The summed E-state index contributed by atoms with van der Waals surface area (Å²) in [4.78, 5) is 14.4. The van der Waals surface area contributed by atoms with E-state index in [0.29, 0.717) is 25.9 Å². The number of nitrogens with zero attached hydrogens (tertiary/aromatic N) is 1. The third-order valence-corrected chi connectivity index (χ3v) is 4.63. The van der Waals surface area contributed by atoms with Crippen LogP contribution in [0.3, 0.4) is 0 Å². The molecule has 0 bridgehead atoms. The molecule has 2 aromatic rings. The van der Waals surface area contributed by atoms with Gasteiger partial charge in [-0.3, -0.25) is 4.79 Å². The molecule has 0 aliphatic carbocycles. The minimum atomic E-state index is -0.744. The van der Waals surface area contributed by atoms with Crippen LogP contribution in [0.25, 0.3) is 0 Å². The van der Waals surface area contributed by atoms with Crippen LogP contribution in [-0.2, 0) is 30.7 Å². The molecular formula is C20H24N2O3. The second-order valence-corrected chi connectivity index (χ2v) is 6.63. The first-order valence-electron chi connectivity index (χ1n) is 8.54. The van der Waals surface area contributed by atoms with Crippen molar-refractivity contribution in [1.82, 2.24) is 4.90 Å². The summed E-state index contributed by atoms with van der Waals surface area (Å²) in [6, 6.07) is 15.2. The van der Waals surface area contributed by atoms with Gasteiger partial charge in [0.05, 0.1) is 18.8 Å². The summed E-state index contributed by atoms with van der Waals surface area (Å²) < 4.78 is 0. The van der Waals surface area contributed by atoms with E-state index in [2.05, 4.69) is 0 Å². The Morgan fingerprint density at radius 3 is 2.04 bits per heavy atom. The molecule has 2 aromatic carbocycles. The molecular weight excluding hydrogens is 316 g/mol. The number of aliphatic hydroxyl groups excluding tert-OH is 2. The summed E-state index contributed by atoms with van der Waals surface area (Å²) in [5.74, 6) is -0.0315. The molecule has 1 unspecified atom stereocenters. The Labute approximate surface area is 147 Å². The van der Waals surface area contributed by atoms with Crippen LogP contribution in [0, 0.1) is 0 Å². The third kappa shape index (κ3) is 4.25. The second kappa shape index (κ2) is 7.78. The van der Waals surface area contributed by atoms with Crippen molar-refractivity contribution >= 4 is 5.91 Å². The number of carbonyl (C=O) groups excluding carboxylic acids is 1. The average Bonchev–Trinajstić information content (AvgIpc) is 3.06. The van der Waals surface area contributed by atoms with Gasteiger partial charge in [-0.2, -0.15) is 0 Å². The van der Waals surface area contributed by atoms with Gasteiger partial charge in [0.2, 0.25) is 5.91 Å². The lowest BCUT2D eigenvalue weighted by Gasteiger charge is -2.20. The number of nitrogens with two attached hydrogens (primary N) is 1. The van der Waals surface area contributed by atoms with Crippen LogP contribution in [0.1, 0.15) is 22.3 Å². The van der Waals surface area contributed by atoms with Crippen LogP contribution in [0.15, 0.2) is 48.5 Å². The number of amides is 1. The molecule has 1 amide bonds. The fraction of sp³-hybridized carbons (Fsp3) is 0.350. The van der Waals surface area contributed by atoms with E-state index in [1.54, 1.807) is 4.90 Å². The smallest absolute Gasteiger partial charge is 0.240 e. The van der Waals surface area contributed by atoms with Crippen molar-refractivity contribution in [1.29, 1.82) is 0 Å². The Bertz CT molecular complexity index is 705. The van der Waals surface area contributed by atoms with Gasteiger partial charge in [0, 0.05) is 19.5 Å². The van der Waals surface area contributed by atoms with Crippen LogP contribution in [0.5, 0.6) is 0 Å². The first-order valence-corrected chi connectivity index (χ1v) is 8.54. The molecule has 0 fully saturated rings. The first-order chi connectivity index (χ1) is 12.1. The van der Waals surface area contributed by atoms with Gasteiger partial charge in [-0.25, -0.2) is 0 Å². The molecule has 0 saturated heterocycles. The largest absolute Gasteiger partial charge is 0.394 e. The minimum absolute atomic E-state index is 0.0315. The van der Waals surface area contributed by atoms with Crippen LogP contribution in [-0.4, -0.2) is 39.8 Å². The van der Waals surface area contributed by atoms with E-state index >= 15 is 0 Å². The van der Waals surface area contributed by atoms with E-state index in [-0.39, 0.29) is 12.5 Å². The number of aliphatic hydroxyl groups is 2. The molecule has 3 rings (SSSR count). The van der Waals surface area contributed by atoms with Crippen molar-refractivity contribution < 1.29 is 15.0 Å². The number of carbonyl (C=O) groups is 1. The number of hydrogen-bond donors (Lipinski definition) is 3. The molecule has 4 N–H and O–H groups in total. The van der Waals surface area contributed by atoms with Crippen molar-refractivity contribution in [3.8, 4) is 0 Å². The molecule has 1 aliphatic heterocycles. The lowest BCUT2D eigenvalue weighted by Crippen LogP contribution is -2.42. The molecule has 5 heteroatoms. The van der Waals surface area contributed by atoms with E-state index in [1.165, 1.54) is 11.1 Å². The predicted octanol–water partition coefficient (Wildman–Crippen LogP) is 0.994. The molecule has 0 aromatic heterocycles. The van der Waals surface area contributed by atoms with E-state index in [9.17, 15) is 9.90 Å². The Morgan fingerprint density at radius 1 is 1.00 bits per heavy atom. The summed E-state index contributed by atoms with van der Waals surface area (Å²) in [5.41, 5.74) is 10.4. The normalized spacial score (nSPS) is 15.7. The Kier molecular flexibility index (Phi) is 5.48. The molecule has 0 saturated carbocycles. The van der Waals surface area contributed by atoms with E-state index in [4.69, 9.17) is 10.8 Å². The average molecular weight is 340 g/mol. The maximum Gasteiger partial charge on any atom is 0.240 e. The molecule has 0 radical (unpaired) electrons. The summed E-state index contributed by atoms with van der Waals surface area (Å²) in [6.07, 6.45) is 0.147. The van der Waals surface area contributed by atoms with Gasteiger partial charge in [-0.1, -0.05) is 48.5 Å². The Morgan fingerprint density at radius 2 is 1.52 bits per heavy atom. The van der Waals surface area contributed by atoms with Crippen LogP contribution < -0.4 is 5.73 Å². The summed E-state index contributed by atoms with van der Waals surface area (Å²) >= 11 is 0. The van der Waals surface area contributed by atoms with Gasteiger partial charge in [-0.15, -0.1) is 0 Å². The highest BCUT2D eigenvalue weighted by Crippen LogP contribution is 2.23. The van der Waals surface area contributed by atoms with Crippen molar-refractivity contribution in [2.45, 2.75) is 38.1 Å². The van der Waals surface area contributed by atoms with E-state index in [1.807, 2.05) is 48.5 Å². The first kappa shape index (κ1) is 17.6. The van der Waals surface area contributed by atoms with Crippen molar-refractivity contribution in [2.75, 3.05) is 6.61 Å². The molecule has 132 valence electrons. The maximum atomic E-state index is 12.6. The van der Waals surface area contributed by atoms with Crippen LogP contribution in [0.4, 0.5) is 0 Å². The van der Waals surface area contributed by atoms with Crippen LogP contribution >= 0.6 is 0 Å². The SMILES string of the molecule is NC(Cc1ccc(C[C@@H](O)CO)cc1)C(=O)N1Cc2ccccc2C1. The zero-order valence-electron chi connectivity index (χ0n) is 14.1. The van der Waals surface area contributed by atoms with Gasteiger partial charge in [0.25, 0.3) is 0 Å². The molecule has 1 aliphatic rings. The molecule has 2 atom stereocenters. The van der Waals surface area contributed by atoms with E-state index in [0.717, 1.165) is 11.1 Å². The lowest BCUT2D eigenvalue weighted by molar-refractivity contribution is -0.133. The lowest BCUT2D eigenvalue weighted by atomic mass is 10.0. The number of hydrogen-bond acceptors (Lipinski definition) is 4. The summed E-state index contributed by atoms with van der Waals surface area (Å²) in [5, 5.41) is 18.4. The summed E-state index contributed by atoms with van der Waals surface area (Å²) in [6.45, 7) is 1.00. The fourth-order valence-electron chi connectivity index (χ4n) is 3.21. The minimum Gasteiger partial charge on any atom is -0.394 e. The topological polar surface area (TPSA) is 86.8 Å². The highest BCUT2D eigenvalue weighted by Gasteiger charge is 2.26. The summed E-state index contributed by atoms with van der Waals surface area (Å²) in [7, 11) is 0. The number of rotatable bonds is 6. The standard InChI is InChI=1S/C20H24N2O3/c21-19(10-15-7-5-14(6-8-15)9-18(24)13-23)20(25)22-11-16-3-1-2-4-17(16)12-22/h1-8,18-19,23-24H,9-13,21H2/t18-,19?/m1/s1. The van der Waals surface area contributed by atoms with Gasteiger partial charge >= 0.3 is 0 Å². The van der Waals surface area contributed by atoms with Crippen molar-refractivity contribution in [2.24, 2.45) is 5.73 Å². The van der Waals surface area contributed by atoms with Gasteiger partial charge in [0.15, 0.2) is 0 Å². The van der Waals surface area contributed by atoms with Gasteiger partial charge in [0.1, 0.15) is 0 Å². The zero-order valence-corrected chi connectivity index (χ0v) is 14.1. The second-order valence-electron chi connectivity index (χ2n) is 6.63. The third-order valence-electron chi connectivity index (χ3n) is 4.63. The van der Waals surface area contributed by atoms with Gasteiger partial charge < -0.3 is 20.8 Å². The molecule has 0 spiro atoms. The van der Waals surface area contributed by atoms with Crippen molar-refractivity contribution in [3.05, 3.63) is 70.8 Å². The predicted molar refractivity (Wildman–Crippen MR) is 95.6 cm³/mol. The zero-order chi connectivity index (χ0) is 17.8. The monoisotopic (exact) mass is 340 g/mol. The highest BCUT2D eigenvalue weighted by molar-refractivity contribution is 5.82. The number of benzene rings is 2. The Hall–Kier alpha value is -2.21. The van der Waals surface area contributed by atoms with E-state index < -0.39 is 12.1 Å². The van der Waals surface area contributed by atoms with Gasteiger partial charge in [-0.05, 0) is 28.7 Å². The number of fused-ring (bicyclic) bond motifs is 1. The quantitative estimate of drug-likeness (QED) is 0.732. The molecule has 25 heavy (non-hydrogen) atoms. The maximum absolute atomic E-state index is 12.6.